The van der Waals surface area contributed by atoms with E-state index in [1.807, 2.05) is 18.2 Å². The molecule has 35 heavy (non-hydrogen) atoms. The molecule has 3 aromatic rings. The van der Waals surface area contributed by atoms with Crippen molar-refractivity contribution >= 4 is 23.0 Å². The fourth-order valence-electron chi connectivity index (χ4n) is 3.74. The van der Waals surface area contributed by atoms with Crippen LogP contribution in [0.2, 0.25) is 5.15 Å². The number of benzene rings is 1. The smallest absolute Gasteiger partial charge is 0.295 e. The van der Waals surface area contributed by atoms with Crippen molar-refractivity contribution in [1.82, 2.24) is 9.97 Å². The number of alkyl halides is 2. The second-order valence-electron chi connectivity index (χ2n) is 8.04. The quantitative estimate of drug-likeness (QED) is 0.360. The molecule has 9 heteroatoms. The third kappa shape index (κ3) is 5.71. The zero-order valence-corrected chi connectivity index (χ0v) is 19.9. The second-order valence-corrected chi connectivity index (χ2v) is 8.40. The van der Waals surface area contributed by atoms with Gasteiger partial charge < -0.3 is 10.1 Å². The van der Waals surface area contributed by atoms with Gasteiger partial charge in [-0.1, -0.05) is 46.9 Å². The molecule has 4 rings (SSSR count). The SMILES string of the molecule is C=CC(F)(F)c1ccnc(Cl)c1Oc1ccc(CCNc2[nH+]cnc3c2=C(C)CCC=CN=3)cc1. The Hall–Kier alpha value is -3.65. The number of hydrogen-bond acceptors (Lipinski definition) is 5. The lowest BCUT2D eigenvalue weighted by atomic mass is 10.1. The molecule has 2 N–H and O–H groups in total. The standard InChI is InChI=1S/C26H24ClF2N5O/c1-3-26(28,29)20-12-15-30-23(27)22(20)35-19-9-7-18(8-10-19)11-14-32-25-21-17(2)6-4-5-13-31-24(21)33-16-34-25/h3,5,7-10,12-13,15-16H,1,4,6,11,14H2,2H3,(H,31,32,33,34)/p+1. The monoisotopic (exact) mass is 496 g/mol. The molecule has 0 atom stereocenters. The van der Waals surface area contributed by atoms with E-state index in [-0.39, 0.29) is 10.9 Å². The molecule has 0 unspecified atom stereocenters. The van der Waals surface area contributed by atoms with Gasteiger partial charge >= 0.3 is 0 Å². The molecule has 0 aliphatic carbocycles. The number of aromatic amines is 1. The van der Waals surface area contributed by atoms with Crippen molar-refractivity contribution < 1.29 is 18.5 Å². The van der Waals surface area contributed by atoms with Crippen LogP contribution in [0.1, 0.15) is 30.9 Å². The Morgan fingerprint density at radius 1 is 1.23 bits per heavy atom. The Morgan fingerprint density at radius 2 is 2.03 bits per heavy atom. The molecule has 0 saturated heterocycles. The summed E-state index contributed by atoms with van der Waals surface area (Å²) >= 11 is 6.05. The molecular formula is C26H25ClF2N5O+. The molecule has 1 aliphatic rings. The maximum Gasteiger partial charge on any atom is 0.295 e. The molecule has 3 heterocycles. The number of pyridine rings is 1. The minimum atomic E-state index is -3.30. The largest absolute Gasteiger partial charge is 0.454 e. The first-order valence-corrected chi connectivity index (χ1v) is 11.5. The summed E-state index contributed by atoms with van der Waals surface area (Å²) in [5.41, 5.74) is 2.57. The van der Waals surface area contributed by atoms with E-state index < -0.39 is 11.5 Å². The van der Waals surface area contributed by atoms with Crippen LogP contribution in [0, 0.1) is 0 Å². The predicted octanol–water partition coefficient (Wildman–Crippen LogP) is 4.77. The van der Waals surface area contributed by atoms with Gasteiger partial charge in [-0.2, -0.15) is 8.78 Å². The zero-order chi connectivity index (χ0) is 24.8. The van der Waals surface area contributed by atoms with Crippen LogP contribution in [0.4, 0.5) is 14.6 Å². The van der Waals surface area contributed by atoms with Gasteiger partial charge in [-0.15, -0.1) is 0 Å². The molecule has 6 nitrogen and oxygen atoms in total. The fraction of sp³-hybridized carbons (Fsp3) is 0.231. The number of anilines is 1. The van der Waals surface area contributed by atoms with Gasteiger partial charge in [-0.05, 0) is 49.6 Å². The number of aromatic nitrogens is 3. The van der Waals surface area contributed by atoms with E-state index in [1.54, 1.807) is 24.7 Å². The summed E-state index contributed by atoms with van der Waals surface area (Å²) in [4.78, 5) is 15.9. The summed E-state index contributed by atoms with van der Waals surface area (Å²) in [6.07, 6.45) is 9.84. The van der Waals surface area contributed by atoms with Gasteiger partial charge in [0.1, 0.15) is 11.0 Å². The highest BCUT2D eigenvalue weighted by atomic mass is 35.5. The van der Waals surface area contributed by atoms with Crippen molar-refractivity contribution in [3.63, 3.8) is 0 Å². The predicted molar refractivity (Wildman–Crippen MR) is 131 cm³/mol. The summed E-state index contributed by atoms with van der Waals surface area (Å²) in [5, 5.41) is 4.30. The average molecular weight is 497 g/mol. The van der Waals surface area contributed by atoms with E-state index in [9.17, 15) is 8.78 Å². The minimum absolute atomic E-state index is 0.143. The Labute approximate surface area is 206 Å². The maximum atomic E-state index is 14.2. The van der Waals surface area contributed by atoms with Crippen molar-refractivity contribution in [2.75, 3.05) is 11.9 Å². The van der Waals surface area contributed by atoms with Crippen LogP contribution in [0.25, 0.3) is 5.57 Å². The van der Waals surface area contributed by atoms with Crippen molar-refractivity contribution in [3.05, 3.63) is 94.8 Å². The topological polar surface area (TPSA) is 73.5 Å². The molecule has 1 aromatic carbocycles. The number of nitrogens with one attached hydrogen (secondary N) is 2. The molecule has 1 aliphatic heterocycles. The highest BCUT2D eigenvalue weighted by Crippen LogP contribution is 2.40. The number of H-pyrrole nitrogens is 1. The highest BCUT2D eigenvalue weighted by Gasteiger charge is 2.33. The number of rotatable bonds is 8. The van der Waals surface area contributed by atoms with Crippen molar-refractivity contribution in [3.8, 4) is 11.5 Å². The fourth-order valence-corrected chi connectivity index (χ4v) is 3.93. The molecular weight excluding hydrogens is 472 g/mol. The molecule has 0 saturated carbocycles. The van der Waals surface area contributed by atoms with Gasteiger partial charge in [0.05, 0.1) is 12.1 Å². The Balaban J connectivity index is 1.46. The summed E-state index contributed by atoms with van der Waals surface area (Å²) in [6, 6.07) is 8.36. The number of halogens is 3. The van der Waals surface area contributed by atoms with Gasteiger partial charge in [-0.3, -0.25) is 0 Å². The van der Waals surface area contributed by atoms with Crippen LogP contribution in [0.5, 0.6) is 11.5 Å². The van der Waals surface area contributed by atoms with Crippen LogP contribution in [0.3, 0.4) is 0 Å². The third-order valence-corrected chi connectivity index (χ3v) is 5.89. The summed E-state index contributed by atoms with van der Waals surface area (Å²) < 4.78 is 34.2. The molecule has 0 fully saturated rings. The first kappa shape index (κ1) is 24.5. The van der Waals surface area contributed by atoms with Gasteiger partial charge in [-0.25, -0.2) is 15.0 Å². The molecule has 2 aromatic heterocycles. The zero-order valence-electron chi connectivity index (χ0n) is 19.2. The van der Waals surface area contributed by atoms with Gasteiger partial charge in [0, 0.05) is 18.8 Å². The molecule has 0 bridgehead atoms. The normalized spacial score (nSPS) is 13.3. The van der Waals surface area contributed by atoms with Crippen LogP contribution in [-0.4, -0.2) is 16.5 Å². The number of ether oxygens (including phenoxy) is 1. The third-order valence-electron chi connectivity index (χ3n) is 5.62. The van der Waals surface area contributed by atoms with Crippen LogP contribution in [-0.2, 0) is 12.3 Å². The second kappa shape index (κ2) is 10.7. The maximum absolute atomic E-state index is 14.2. The first-order valence-electron chi connectivity index (χ1n) is 11.2. The van der Waals surface area contributed by atoms with Crippen LogP contribution in [0.15, 0.2) is 72.8 Å². The Bertz CT molecular complexity index is 1370. The minimum Gasteiger partial charge on any atom is -0.454 e. The first-order chi connectivity index (χ1) is 16.9. The van der Waals surface area contributed by atoms with E-state index in [2.05, 4.69) is 38.8 Å². The lowest BCUT2D eigenvalue weighted by Crippen LogP contribution is -2.39. The van der Waals surface area contributed by atoms with E-state index >= 15 is 0 Å². The lowest BCUT2D eigenvalue weighted by Gasteiger charge is -2.17. The van der Waals surface area contributed by atoms with Crippen LogP contribution < -0.4 is 25.7 Å². The van der Waals surface area contributed by atoms with E-state index in [4.69, 9.17) is 16.3 Å². The van der Waals surface area contributed by atoms with Crippen molar-refractivity contribution in [2.45, 2.75) is 32.1 Å². The summed E-state index contributed by atoms with van der Waals surface area (Å²) in [7, 11) is 0. The van der Waals surface area contributed by atoms with Crippen molar-refractivity contribution in [1.29, 1.82) is 0 Å². The lowest BCUT2D eigenvalue weighted by molar-refractivity contribution is -0.367. The van der Waals surface area contributed by atoms with Gasteiger partial charge in [0.2, 0.25) is 17.6 Å². The Kier molecular flexibility index (Phi) is 7.51. The number of nitrogens with zero attached hydrogens (tertiary/aromatic N) is 3. The number of hydrogen-bond donors (Lipinski definition) is 1. The van der Waals surface area contributed by atoms with E-state index in [1.165, 1.54) is 17.8 Å². The van der Waals surface area contributed by atoms with E-state index in [0.717, 1.165) is 35.9 Å². The summed E-state index contributed by atoms with van der Waals surface area (Å²) in [6.45, 7) is 5.96. The van der Waals surface area contributed by atoms with E-state index in [0.29, 0.717) is 23.9 Å². The average Bonchev–Trinajstić information content (AvgIpc) is 2.84. The molecule has 0 radical (unpaired) electrons. The van der Waals surface area contributed by atoms with Crippen LogP contribution >= 0.6 is 11.6 Å². The molecule has 0 amide bonds. The summed E-state index contributed by atoms with van der Waals surface area (Å²) in [5.74, 6) is -2.23. The number of fused-ring (bicyclic) bond motifs is 1. The van der Waals surface area contributed by atoms with Gasteiger partial charge in [0.15, 0.2) is 10.9 Å². The Morgan fingerprint density at radius 3 is 2.80 bits per heavy atom. The number of allylic oxidation sites excluding steroid dienone is 2. The highest BCUT2D eigenvalue weighted by molar-refractivity contribution is 6.31. The molecule has 180 valence electrons. The van der Waals surface area contributed by atoms with Gasteiger partial charge in [0.25, 0.3) is 5.92 Å². The molecule has 0 spiro atoms. The van der Waals surface area contributed by atoms with Crippen molar-refractivity contribution in [2.24, 2.45) is 4.99 Å².